The summed E-state index contributed by atoms with van der Waals surface area (Å²) in [5, 5.41) is 2.78. The van der Waals surface area contributed by atoms with Gasteiger partial charge in [-0.2, -0.15) is 0 Å². The van der Waals surface area contributed by atoms with Gasteiger partial charge in [-0.25, -0.2) is 4.85 Å². The molecule has 0 saturated carbocycles. The smallest absolute Gasteiger partial charge is 0.262 e. The maximum absolute atomic E-state index is 13.3. The van der Waals surface area contributed by atoms with Gasteiger partial charge in [-0.05, 0) is 99.7 Å². The summed E-state index contributed by atoms with van der Waals surface area (Å²) in [4.78, 5) is 67.1. The molecule has 0 aliphatic carbocycles. The van der Waals surface area contributed by atoms with Crippen molar-refractivity contribution in [2.75, 3.05) is 72.5 Å². The average molecular weight is 761 g/mol. The van der Waals surface area contributed by atoms with Gasteiger partial charge in [0.15, 0.2) is 0 Å². The van der Waals surface area contributed by atoms with Crippen LogP contribution in [0.2, 0.25) is 5.02 Å². The second kappa shape index (κ2) is 13.6. The number of nitrogens with one attached hydrogen (secondary N) is 1. The number of amides is 4. The Morgan fingerprint density at radius 1 is 0.800 bits per heavy atom. The number of carbonyl (C=O) groups excluding carboxylic acids is 4. The SMILES string of the molecule is [C-]#[N+]c1ccc(N2CC3(CCN(c4ccc(N5CC(N(C)C6CN(c7ccc8c(c7)C(=O)N(C7CCC(=O)NC7=O)C8=O)C6)C5)cc4)CC3)C[C@@H]2C)cc1Cl. The Labute approximate surface area is 326 Å². The fourth-order valence-electron chi connectivity index (χ4n) is 9.71. The number of imide groups is 2. The van der Waals surface area contributed by atoms with Gasteiger partial charge in [-0.3, -0.25) is 34.3 Å². The fraction of sp³-hybridized carbons (Fsp3) is 0.452. The van der Waals surface area contributed by atoms with Crippen LogP contribution in [0, 0.1) is 12.0 Å². The van der Waals surface area contributed by atoms with Crippen LogP contribution >= 0.6 is 11.6 Å². The summed E-state index contributed by atoms with van der Waals surface area (Å²) in [6.45, 7) is 16.4. The molecule has 5 saturated heterocycles. The van der Waals surface area contributed by atoms with E-state index in [1.54, 1.807) is 12.1 Å². The molecule has 9 rings (SSSR count). The topological polar surface area (TPSA) is 104 Å². The minimum atomic E-state index is -0.962. The fourth-order valence-corrected chi connectivity index (χ4v) is 9.92. The van der Waals surface area contributed by atoms with E-state index in [9.17, 15) is 19.2 Å². The van der Waals surface area contributed by atoms with Gasteiger partial charge in [0.1, 0.15) is 6.04 Å². The highest BCUT2D eigenvalue weighted by atomic mass is 35.5. The van der Waals surface area contributed by atoms with Gasteiger partial charge in [0.2, 0.25) is 17.5 Å². The van der Waals surface area contributed by atoms with Crippen LogP contribution in [0.15, 0.2) is 60.7 Å². The van der Waals surface area contributed by atoms with E-state index in [0.717, 1.165) is 74.9 Å². The van der Waals surface area contributed by atoms with E-state index in [-0.39, 0.29) is 18.7 Å². The van der Waals surface area contributed by atoms with Crippen molar-refractivity contribution >= 4 is 63.7 Å². The lowest BCUT2D eigenvalue weighted by atomic mass is 9.76. The van der Waals surface area contributed by atoms with Crippen molar-refractivity contribution in [1.29, 1.82) is 0 Å². The van der Waals surface area contributed by atoms with Gasteiger partial charge in [0.05, 0.1) is 17.7 Å². The third kappa shape index (κ3) is 6.18. The molecule has 3 aromatic carbocycles. The predicted molar refractivity (Wildman–Crippen MR) is 212 cm³/mol. The van der Waals surface area contributed by atoms with Gasteiger partial charge < -0.3 is 19.6 Å². The van der Waals surface area contributed by atoms with Crippen molar-refractivity contribution in [2.45, 2.75) is 63.2 Å². The van der Waals surface area contributed by atoms with E-state index < -0.39 is 23.8 Å². The van der Waals surface area contributed by atoms with Gasteiger partial charge in [0, 0.05) is 98.1 Å². The molecule has 6 aliphatic heterocycles. The minimum absolute atomic E-state index is 0.101. The molecule has 12 nitrogen and oxygen atoms in total. The van der Waals surface area contributed by atoms with Crippen LogP contribution in [0.25, 0.3) is 4.85 Å². The summed E-state index contributed by atoms with van der Waals surface area (Å²) in [6.07, 6.45) is 3.75. The first-order valence-corrected chi connectivity index (χ1v) is 19.7. The van der Waals surface area contributed by atoms with Crippen molar-refractivity contribution in [2.24, 2.45) is 5.41 Å². The number of rotatable bonds is 7. The van der Waals surface area contributed by atoms with Crippen LogP contribution in [0.4, 0.5) is 28.4 Å². The lowest BCUT2D eigenvalue weighted by Gasteiger charge is -2.53. The molecule has 55 heavy (non-hydrogen) atoms. The van der Waals surface area contributed by atoms with E-state index in [1.807, 2.05) is 24.3 Å². The molecule has 1 N–H and O–H groups in total. The third-order valence-electron chi connectivity index (χ3n) is 13.2. The maximum Gasteiger partial charge on any atom is 0.262 e. The summed E-state index contributed by atoms with van der Waals surface area (Å²) in [5.74, 6) is -1.94. The lowest BCUT2D eigenvalue weighted by molar-refractivity contribution is -0.136. The molecule has 4 amide bonds. The monoisotopic (exact) mass is 760 g/mol. The largest absolute Gasteiger partial charge is 0.371 e. The molecule has 13 heteroatoms. The summed E-state index contributed by atoms with van der Waals surface area (Å²) >= 11 is 6.39. The lowest BCUT2D eigenvalue weighted by Crippen LogP contribution is -2.67. The molecular weight excluding hydrogens is 716 g/mol. The molecule has 3 aromatic rings. The summed E-state index contributed by atoms with van der Waals surface area (Å²) in [6, 6.07) is 20.6. The minimum Gasteiger partial charge on any atom is -0.371 e. The van der Waals surface area contributed by atoms with Crippen LogP contribution in [0.3, 0.4) is 0 Å². The quantitative estimate of drug-likeness (QED) is 0.258. The number of hydrogen-bond acceptors (Lipinski definition) is 9. The van der Waals surface area contributed by atoms with Gasteiger partial charge in [-0.1, -0.05) is 17.7 Å². The number of anilines is 4. The van der Waals surface area contributed by atoms with Gasteiger partial charge in [-0.15, -0.1) is 0 Å². The van der Waals surface area contributed by atoms with Crippen LogP contribution < -0.4 is 24.9 Å². The van der Waals surface area contributed by atoms with Crippen molar-refractivity contribution in [1.82, 2.24) is 15.1 Å². The third-order valence-corrected chi connectivity index (χ3v) is 13.5. The van der Waals surface area contributed by atoms with Crippen LogP contribution in [0.5, 0.6) is 0 Å². The first kappa shape index (κ1) is 35.6. The number of nitrogens with zero attached hydrogens (tertiary/aromatic N) is 7. The van der Waals surface area contributed by atoms with Crippen molar-refractivity contribution in [3.63, 3.8) is 0 Å². The molecule has 1 unspecified atom stereocenters. The second-order valence-corrected chi connectivity index (χ2v) is 16.8. The summed E-state index contributed by atoms with van der Waals surface area (Å²) in [5.41, 5.74) is 5.98. The number of halogens is 1. The van der Waals surface area contributed by atoms with Crippen molar-refractivity contribution in [3.05, 3.63) is 88.2 Å². The second-order valence-electron chi connectivity index (χ2n) is 16.4. The molecule has 0 aromatic heterocycles. The van der Waals surface area contributed by atoms with Gasteiger partial charge >= 0.3 is 0 Å². The summed E-state index contributed by atoms with van der Waals surface area (Å²) < 4.78 is 0. The molecule has 6 heterocycles. The highest BCUT2D eigenvalue weighted by molar-refractivity contribution is 6.33. The number of carbonyl (C=O) groups is 4. The first-order chi connectivity index (χ1) is 26.5. The Morgan fingerprint density at radius 2 is 1.40 bits per heavy atom. The highest BCUT2D eigenvalue weighted by Gasteiger charge is 2.46. The standard InChI is InChI=1S/C42H45ClN8O4/c1-26-20-42(25-50(26)30-9-11-36(44-2)35(43)19-30)14-16-47(17-15-42)27-4-6-28(7-5-27)48-21-31(22-48)46(3)32-23-49(24-32)29-8-10-33-34(18-29)41(55)51(40(33)54)37-12-13-38(52)45-39(37)53/h4-11,18-19,26,31-32,37H,12-17,20-25H2,1,3H3,(H,45,52,53)/t26-,37?/m0/s1. The molecule has 284 valence electrons. The Morgan fingerprint density at radius 3 is 2.04 bits per heavy atom. The van der Waals surface area contributed by atoms with Gasteiger partial charge in [0.25, 0.3) is 11.8 Å². The Balaban J connectivity index is 0.744. The molecule has 0 radical (unpaired) electrons. The average Bonchev–Trinajstić information content (AvgIpc) is 3.58. The van der Waals surface area contributed by atoms with Crippen molar-refractivity contribution < 1.29 is 19.2 Å². The number of fused-ring (bicyclic) bond motifs is 1. The van der Waals surface area contributed by atoms with E-state index in [4.69, 9.17) is 18.2 Å². The number of hydrogen-bond donors (Lipinski definition) is 1. The Kier molecular flexibility index (Phi) is 8.78. The Hall–Kier alpha value is -5.12. The van der Waals surface area contributed by atoms with Crippen molar-refractivity contribution in [3.8, 4) is 0 Å². The van der Waals surface area contributed by atoms with Crippen LogP contribution in [-0.4, -0.2) is 110 Å². The normalized spacial score (nSPS) is 24.0. The highest BCUT2D eigenvalue weighted by Crippen LogP contribution is 2.46. The molecule has 1 spiro atoms. The van der Waals surface area contributed by atoms with Crippen LogP contribution in [0.1, 0.15) is 59.7 Å². The van der Waals surface area contributed by atoms with E-state index in [2.05, 4.69) is 72.9 Å². The van der Waals surface area contributed by atoms with E-state index >= 15 is 0 Å². The molecule has 5 fully saturated rings. The number of piperidine rings is 2. The van der Waals surface area contributed by atoms with Crippen LogP contribution in [-0.2, 0) is 9.59 Å². The molecule has 6 aliphatic rings. The zero-order valence-corrected chi connectivity index (χ0v) is 32.0. The molecule has 2 atom stereocenters. The Bertz CT molecular complexity index is 2120. The number of benzene rings is 3. The zero-order chi connectivity index (χ0) is 38.2. The zero-order valence-electron chi connectivity index (χ0n) is 31.2. The molecular formula is C42H45ClN8O4. The predicted octanol–water partition coefficient (Wildman–Crippen LogP) is 5.19. The number of likely N-dealkylation sites (N-methyl/N-ethyl adjacent to an activating group) is 1. The van der Waals surface area contributed by atoms with E-state index in [1.165, 1.54) is 17.8 Å². The maximum atomic E-state index is 13.3. The van der Waals surface area contributed by atoms with E-state index in [0.29, 0.717) is 45.4 Å². The summed E-state index contributed by atoms with van der Waals surface area (Å²) in [7, 11) is 2.20. The first-order valence-electron chi connectivity index (χ1n) is 19.4. The molecule has 0 bridgehead atoms.